The number of esters is 1. The molecule has 34 heavy (non-hydrogen) atoms. The van der Waals surface area contributed by atoms with Gasteiger partial charge in [0.25, 0.3) is 0 Å². The maximum atomic E-state index is 12.0. The van der Waals surface area contributed by atoms with E-state index in [-0.39, 0.29) is 11.1 Å². The Kier molecular flexibility index (Phi) is 12.5. The van der Waals surface area contributed by atoms with Gasteiger partial charge in [-0.2, -0.15) is 0 Å². The molecule has 0 saturated heterocycles. The van der Waals surface area contributed by atoms with E-state index in [4.69, 9.17) is 14.4 Å². The molecule has 2 aromatic carbocycles. The van der Waals surface area contributed by atoms with Crippen molar-refractivity contribution in [2.24, 2.45) is 0 Å². The Labute approximate surface area is 198 Å². The Morgan fingerprint density at radius 2 is 1.68 bits per heavy atom. The summed E-state index contributed by atoms with van der Waals surface area (Å²) in [5, 5.41) is 8.54. The average Bonchev–Trinajstić information content (AvgIpc) is 3.18. The van der Waals surface area contributed by atoms with E-state index in [1.54, 1.807) is 50.2 Å². The van der Waals surface area contributed by atoms with Gasteiger partial charge in [-0.1, -0.05) is 36.4 Å². The molecule has 0 spiro atoms. The second kappa shape index (κ2) is 14.5. The third-order valence-electron chi connectivity index (χ3n) is 4.24. The molecule has 184 valence electrons. The predicted octanol–water partition coefficient (Wildman–Crippen LogP) is 5.32. The Balaban J connectivity index is 0.000000270. The highest BCUT2D eigenvalue weighted by Gasteiger charge is 2.41. The predicted molar refractivity (Wildman–Crippen MR) is 125 cm³/mol. The van der Waals surface area contributed by atoms with Crippen LogP contribution in [0.15, 0.2) is 48.5 Å². The molecule has 0 radical (unpaired) electrons. The van der Waals surface area contributed by atoms with Gasteiger partial charge in [0.05, 0.1) is 11.1 Å². The van der Waals surface area contributed by atoms with Crippen molar-refractivity contribution in [1.29, 1.82) is 0 Å². The molecule has 0 bridgehead atoms. The van der Waals surface area contributed by atoms with E-state index < -0.39 is 33.4 Å². The van der Waals surface area contributed by atoms with Crippen LogP contribution >= 0.6 is 15.6 Å². The second-order valence-corrected chi connectivity index (χ2v) is 10.1. The molecule has 1 N–H and O–H groups in total. The summed E-state index contributed by atoms with van der Waals surface area (Å²) in [6, 6.07) is 13.0. The van der Waals surface area contributed by atoms with Gasteiger partial charge in [0, 0.05) is 29.5 Å². The van der Waals surface area contributed by atoms with E-state index in [1.807, 2.05) is 0 Å². The number of cyclic esters (lactones) is 1. The lowest BCUT2D eigenvalue weighted by molar-refractivity contribution is 0.0489. The molecule has 12 heteroatoms. The summed E-state index contributed by atoms with van der Waals surface area (Å²) in [6.07, 6.45) is 0.531. The molecule has 10 nitrogen and oxygen atoms in total. The highest BCUT2D eigenvalue weighted by Crippen LogP contribution is 2.59. The smallest absolute Gasteiger partial charge is 0.478 e. The first-order valence-electron chi connectivity index (χ1n) is 10.1. The Morgan fingerprint density at radius 1 is 1.12 bits per heavy atom. The number of rotatable bonds is 8. The number of benzene rings is 2. The fourth-order valence-corrected chi connectivity index (χ4v) is 4.32. The molecule has 3 rings (SSSR count). The van der Waals surface area contributed by atoms with Gasteiger partial charge in [0.2, 0.25) is 13.2 Å². The number of aromatic carboxylic acids is 1. The summed E-state index contributed by atoms with van der Waals surface area (Å²) >= 11 is 0. The lowest BCUT2D eigenvalue weighted by Crippen LogP contribution is -2.00. The van der Waals surface area contributed by atoms with E-state index >= 15 is 0 Å². The minimum absolute atomic E-state index is 0.0440. The highest BCUT2D eigenvalue weighted by molar-refractivity contribution is 7.58. The van der Waals surface area contributed by atoms with Gasteiger partial charge in [-0.05, 0) is 26.0 Å². The summed E-state index contributed by atoms with van der Waals surface area (Å²) in [5.74, 6) is -2.27. The van der Waals surface area contributed by atoms with Crippen molar-refractivity contribution < 1.29 is 46.9 Å². The molecular weight excluding hydrogens is 486 g/mol. The molecular formula is C22H27O10P2+. The highest BCUT2D eigenvalue weighted by atomic mass is 31.2. The van der Waals surface area contributed by atoms with E-state index in [9.17, 15) is 23.5 Å². The number of ether oxygens (including phenoxy) is 1. The summed E-state index contributed by atoms with van der Waals surface area (Å²) in [5.41, 5.74) is 1.37. The largest absolute Gasteiger partial charge is 0.697 e. The molecule has 1 aliphatic heterocycles. The van der Waals surface area contributed by atoms with Crippen LogP contribution in [0.3, 0.4) is 0 Å². The number of carboxylic acids is 1. The van der Waals surface area contributed by atoms with Crippen molar-refractivity contribution in [1.82, 2.24) is 0 Å². The number of carboxylic acid groups (broad SMARTS) is 1. The number of carbonyl (C=O) groups is 3. The van der Waals surface area contributed by atoms with Crippen LogP contribution in [0.25, 0.3) is 0 Å². The van der Waals surface area contributed by atoms with Gasteiger partial charge in [-0.3, -0.25) is 9.36 Å². The number of hydrogen-bond acceptors (Lipinski definition) is 9. The maximum absolute atomic E-state index is 12.0. The standard InChI is InChI=1S/C10H11O4P.C8H6O3.C4H10O3P/c1-13-15(2,12)10-8-6-4-3-5-7(8)9(11)14-10;9-5-6-3-1-2-4-7(6)8(10)11;1-3-6-8(5)7-4-2/h3-6,10H,1-2H3;1-5H,(H,10,11);3-4H2,1-2H3/q;;+1. The molecule has 0 fully saturated rings. The van der Waals surface area contributed by atoms with Crippen LogP contribution in [0.2, 0.25) is 0 Å². The average molecular weight is 513 g/mol. The minimum atomic E-state index is -2.93. The minimum Gasteiger partial charge on any atom is -0.478 e. The van der Waals surface area contributed by atoms with E-state index in [0.29, 0.717) is 30.6 Å². The molecule has 0 aromatic heterocycles. The molecule has 2 unspecified atom stereocenters. The Bertz CT molecular complexity index is 1050. The van der Waals surface area contributed by atoms with E-state index in [1.165, 1.54) is 25.9 Å². The SMILES string of the molecule is CCO[P+](=O)OCC.COP(C)(=O)C1OC(=O)c2ccccc21.O=Cc1ccccc1C(=O)O. The lowest BCUT2D eigenvalue weighted by Gasteiger charge is -2.17. The molecule has 1 aliphatic rings. The van der Waals surface area contributed by atoms with Gasteiger partial charge in [0.1, 0.15) is 13.2 Å². The zero-order chi connectivity index (χ0) is 25.7. The summed E-state index contributed by atoms with van der Waals surface area (Å²) in [6.45, 7) is 5.88. The topological polar surface area (TPSA) is 142 Å². The van der Waals surface area contributed by atoms with Crippen molar-refractivity contribution in [3.63, 3.8) is 0 Å². The van der Waals surface area contributed by atoms with Gasteiger partial charge in [0.15, 0.2) is 6.29 Å². The van der Waals surface area contributed by atoms with Crippen molar-refractivity contribution in [3.05, 3.63) is 70.8 Å². The van der Waals surface area contributed by atoms with Gasteiger partial charge >= 0.3 is 20.2 Å². The number of fused-ring (bicyclic) bond motifs is 1. The third-order valence-corrected chi connectivity index (χ3v) is 7.14. The number of carbonyl (C=O) groups excluding carboxylic acids is 2. The fraction of sp³-hybridized carbons (Fsp3) is 0.318. The van der Waals surface area contributed by atoms with Crippen molar-refractivity contribution >= 4 is 33.8 Å². The maximum Gasteiger partial charge on any atom is 0.697 e. The molecule has 2 atom stereocenters. The molecule has 0 saturated carbocycles. The van der Waals surface area contributed by atoms with Crippen LogP contribution < -0.4 is 0 Å². The van der Waals surface area contributed by atoms with Gasteiger partial charge < -0.3 is 14.4 Å². The molecule has 2 aromatic rings. The molecule has 0 aliphatic carbocycles. The third kappa shape index (κ3) is 8.56. The monoisotopic (exact) mass is 513 g/mol. The number of hydrogen-bond donors (Lipinski definition) is 1. The normalized spacial score (nSPS) is 15.3. The summed E-state index contributed by atoms with van der Waals surface area (Å²) in [7, 11) is -3.41. The first kappa shape index (κ1) is 29.3. The van der Waals surface area contributed by atoms with Crippen LogP contribution in [0, 0.1) is 0 Å². The zero-order valence-electron chi connectivity index (χ0n) is 19.2. The Hall–Kier alpha value is -2.74. The fourth-order valence-electron chi connectivity index (χ4n) is 2.61. The summed E-state index contributed by atoms with van der Waals surface area (Å²) in [4.78, 5) is 32.1. The van der Waals surface area contributed by atoms with E-state index in [0.717, 1.165) is 0 Å². The molecule has 0 amide bonds. The quantitative estimate of drug-likeness (QED) is 0.280. The van der Waals surface area contributed by atoms with Crippen molar-refractivity contribution in [3.8, 4) is 0 Å². The zero-order valence-corrected chi connectivity index (χ0v) is 21.0. The van der Waals surface area contributed by atoms with Crippen LogP contribution in [0.4, 0.5) is 0 Å². The van der Waals surface area contributed by atoms with Crippen molar-refractivity contribution in [2.75, 3.05) is 27.0 Å². The van der Waals surface area contributed by atoms with E-state index in [2.05, 4.69) is 9.05 Å². The van der Waals surface area contributed by atoms with Crippen LogP contribution in [-0.2, 0) is 27.4 Å². The molecule has 1 heterocycles. The summed E-state index contributed by atoms with van der Waals surface area (Å²) < 4.78 is 41.4. The Morgan fingerprint density at radius 3 is 2.18 bits per heavy atom. The van der Waals surface area contributed by atoms with Crippen LogP contribution in [-0.4, -0.2) is 50.3 Å². The lowest BCUT2D eigenvalue weighted by atomic mass is 10.1. The van der Waals surface area contributed by atoms with Gasteiger partial charge in [-0.15, -0.1) is 9.05 Å². The number of aldehydes is 1. The first-order valence-corrected chi connectivity index (χ1v) is 13.3. The second-order valence-electron chi connectivity index (χ2n) is 6.51. The van der Waals surface area contributed by atoms with Crippen LogP contribution in [0.1, 0.15) is 56.3 Å². The van der Waals surface area contributed by atoms with Crippen LogP contribution in [0.5, 0.6) is 0 Å². The van der Waals surface area contributed by atoms with Crippen molar-refractivity contribution in [2.45, 2.75) is 19.7 Å². The first-order chi connectivity index (χ1) is 16.1. The van der Waals surface area contributed by atoms with Gasteiger partial charge in [-0.25, -0.2) is 9.59 Å².